The average molecular weight is 143 g/mol. The summed E-state index contributed by atoms with van der Waals surface area (Å²) < 4.78 is 5.32. The number of ether oxygens (including phenoxy) is 1. The third-order valence-electron chi connectivity index (χ3n) is 2.08. The summed E-state index contributed by atoms with van der Waals surface area (Å²) in [4.78, 5) is 2.48. The summed E-state index contributed by atoms with van der Waals surface area (Å²) >= 11 is 0. The van der Waals surface area contributed by atoms with Crippen LogP contribution >= 0.6 is 0 Å². The summed E-state index contributed by atoms with van der Waals surface area (Å²) in [6, 6.07) is 1.27. The van der Waals surface area contributed by atoms with Crippen molar-refractivity contribution in [1.82, 2.24) is 4.90 Å². The molecule has 0 amide bonds. The predicted molar refractivity (Wildman–Crippen MR) is 42.1 cm³/mol. The maximum Gasteiger partial charge on any atom is 0.0619 e. The molecule has 0 radical (unpaired) electrons. The zero-order valence-electron chi connectivity index (χ0n) is 7.13. The van der Waals surface area contributed by atoms with E-state index in [-0.39, 0.29) is 0 Å². The number of morpholine rings is 1. The standard InChI is InChI=1S/C8H17NO/c1-7(2)9-4-5-10-6-8(9)3/h7-8H,4-6H2,1-3H3/t8-/m0/s1. The van der Waals surface area contributed by atoms with Gasteiger partial charge in [-0.05, 0) is 20.8 Å². The molecule has 10 heavy (non-hydrogen) atoms. The van der Waals surface area contributed by atoms with E-state index in [1.807, 2.05) is 0 Å². The summed E-state index contributed by atoms with van der Waals surface area (Å²) in [6.07, 6.45) is 0. The summed E-state index contributed by atoms with van der Waals surface area (Å²) in [5, 5.41) is 0. The van der Waals surface area contributed by atoms with Gasteiger partial charge in [0.05, 0.1) is 13.2 Å². The topological polar surface area (TPSA) is 12.5 Å². The van der Waals surface area contributed by atoms with Gasteiger partial charge in [-0.2, -0.15) is 0 Å². The highest BCUT2D eigenvalue weighted by Gasteiger charge is 2.20. The minimum absolute atomic E-state index is 0.605. The molecule has 1 fully saturated rings. The van der Waals surface area contributed by atoms with E-state index in [1.54, 1.807) is 0 Å². The minimum atomic E-state index is 0.605. The fourth-order valence-corrected chi connectivity index (χ4v) is 1.51. The van der Waals surface area contributed by atoms with Gasteiger partial charge in [-0.25, -0.2) is 0 Å². The molecule has 0 aromatic heterocycles. The predicted octanol–water partition coefficient (Wildman–Crippen LogP) is 1.12. The quantitative estimate of drug-likeness (QED) is 0.545. The van der Waals surface area contributed by atoms with E-state index < -0.39 is 0 Å². The summed E-state index contributed by atoms with van der Waals surface area (Å²) in [6.45, 7) is 9.60. The molecule has 1 saturated heterocycles. The van der Waals surface area contributed by atoms with Crippen LogP contribution in [-0.4, -0.2) is 36.7 Å². The van der Waals surface area contributed by atoms with E-state index >= 15 is 0 Å². The van der Waals surface area contributed by atoms with Crippen molar-refractivity contribution in [2.45, 2.75) is 32.9 Å². The van der Waals surface area contributed by atoms with Gasteiger partial charge in [0, 0.05) is 18.6 Å². The van der Waals surface area contributed by atoms with Crippen LogP contribution in [0.4, 0.5) is 0 Å². The van der Waals surface area contributed by atoms with E-state index in [2.05, 4.69) is 25.7 Å². The Hall–Kier alpha value is -0.0800. The van der Waals surface area contributed by atoms with Crippen molar-refractivity contribution in [3.63, 3.8) is 0 Å². The molecule has 0 N–H and O–H groups in total. The first-order valence-electron chi connectivity index (χ1n) is 4.05. The monoisotopic (exact) mass is 143 g/mol. The van der Waals surface area contributed by atoms with Gasteiger partial charge < -0.3 is 4.74 Å². The molecule has 2 heteroatoms. The Morgan fingerprint density at radius 2 is 2.20 bits per heavy atom. The van der Waals surface area contributed by atoms with Gasteiger partial charge >= 0.3 is 0 Å². The van der Waals surface area contributed by atoms with Gasteiger partial charge in [-0.15, -0.1) is 0 Å². The molecule has 0 saturated carbocycles. The lowest BCUT2D eigenvalue weighted by molar-refractivity contribution is -0.0149. The van der Waals surface area contributed by atoms with Crippen LogP contribution in [0, 0.1) is 0 Å². The van der Waals surface area contributed by atoms with Crippen molar-refractivity contribution < 1.29 is 4.74 Å². The molecule has 1 aliphatic rings. The largest absolute Gasteiger partial charge is 0.379 e. The van der Waals surface area contributed by atoms with Crippen molar-refractivity contribution in [3.05, 3.63) is 0 Å². The van der Waals surface area contributed by atoms with Crippen LogP contribution in [0.3, 0.4) is 0 Å². The summed E-state index contributed by atoms with van der Waals surface area (Å²) in [5.41, 5.74) is 0. The number of hydrogen-bond donors (Lipinski definition) is 0. The lowest BCUT2D eigenvalue weighted by Crippen LogP contribution is -2.47. The molecule has 1 aliphatic heterocycles. The van der Waals surface area contributed by atoms with Crippen molar-refractivity contribution in [1.29, 1.82) is 0 Å². The van der Waals surface area contributed by atoms with Crippen LogP contribution in [0.2, 0.25) is 0 Å². The van der Waals surface area contributed by atoms with Crippen molar-refractivity contribution in [3.8, 4) is 0 Å². The molecule has 0 aromatic carbocycles. The van der Waals surface area contributed by atoms with Crippen LogP contribution < -0.4 is 0 Å². The minimum Gasteiger partial charge on any atom is -0.379 e. The van der Waals surface area contributed by atoms with Gasteiger partial charge in [-0.1, -0.05) is 0 Å². The van der Waals surface area contributed by atoms with Gasteiger partial charge in [0.2, 0.25) is 0 Å². The number of nitrogens with zero attached hydrogens (tertiary/aromatic N) is 1. The molecule has 60 valence electrons. The Labute approximate surface area is 63.2 Å². The molecule has 1 rings (SSSR count). The molecular weight excluding hydrogens is 126 g/mol. The van der Waals surface area contributed by atoms with E-state index in [1.165, 1.54) is 0 Å². The molecule has 0 unspecified atom stereocenters. The van der Waals surface area contributed by atoms with Crippen LogP contribution in [0.1, 0.15) is 20.8 Å². The summed E-state index contributed by atoms with van der Waals surface area (Å²) in [7, 11) is 0. The van der Waals surface area contributed by atoms with E-state index in [9.17, 15) is 0 Å². The van der Waals surface area contributed by atoms with Crippen molar-refractivity contribution in [2.24, 2.45) is 0 Å². The van der Waals surface area contributed by atoms with Crippen LogP contribution in [-0.2, 0) is 4.74 Å². The summed E-state index contributed by atoms with van der Waals surface area (Å²) in [5.74, 6) is 0. The van der Waals surface area contributed by atoms with Crippen LogP contribution in [0.25, 0.3) is 0 Å². The van der Waals surface area contributed by atoms with E-state index in [0.717, 1.165) is 19.8 Å². The average Bonchev–Trinajstić information content (AvgIpc) is 1.88. The van der Waals surface area contributed by atoms with Gasteiger partial charge in [-0.3, -0.25) is 4.90 Å². The van der Waals surface area contributed by atoms with Crippen LogP contribution in [0.5, 0.6) is 0 Å². The number of rotatable bonds is 1. The van der Waals surface area contributed by atoms with Crippen LogP contribution in [0.15, 0.2) is 0 Å². The molecule has 0 aromatic rings. The fraction of sp³-hybridized carbons (Fsp3) is 1.00. The highest BCUT2D eigenvalue weighted by atomic mass is 16.5. The Bertz CT molecular complexity index is 103. The van der Waals surface area contributed by atoms with Gasteiger partial charge in [0.1, 0.15) is 0 Å². The number of hydrogen-bond acceptors (Lipinski definition) is 2. The Kier molecular flexibility index (Phi) is 2.69. The highest BCUT2D eigenvalue weighted by Crippen LogP contribution is 2.09. The maximum atomic E-state index is 5.32. The van der Waals surface area contributed by atoms with E-state index in [0.29, 0.717) is 12.1 Å². The molecule has 2 nitrogen and oxygen atoms in total. The lowest BCUT2D eigenvalue weighted by Gasteiger charge is -2.36. The Morgan fingerprint density at radius 1 is 1.50 bits per heavy atom. The molecule has 0 bridgehead atoms. The highest BCUT2D eigenvalue weighted by molar-refractivity contribution is 4.73. The van der Waals surface area contributed by atoms with Gasteiger partial charge in [0.25, 0.3) is 0 Å². The zero-order chi connectivity index (χ0) is 7.56. The maximum absolute atomic E-state index is 5.32. The van der Waals surface area contributed by atoms with Crippen molar-refractivity contribution in [2.75, 3.05) is 19.8 Å². The third-order valence-corrected chi connectivity index (χ3v) is 2.08. The fourth-order valence-electron chi connectivity index (χ4n) is 1.51. The van der Waals surface area contributed by atoms with E-state index in [4.69, 9.17) is 4.74 Å². The normalized spacial score (nSPS) is 29.4. The Balaban J connectivity index is 2.40. The van der Waals surface area contributed by atoms with Crippen molar-refractivity contribution >= 4 is 0 Å². The second-order valence-electron chi connectivity index (χ2n) is 3.26. The molecular formula is C8H17NO. The Morgan fingerprint density at radius 3 is 2.60 bits per heavy atom. The first-order valence-corrected chi connectivity index (χ1v) is 4.05. The second-order valence-corrected chi connectivity index (χ2v) is 3.26. The second kappa shape index (κ2) is 3.35. The lowest BCUT2D eigenvalue weighted by atomic mass is 10.2. The zero-order valence-corrected chi connectivity index (χ0v) is 7.13. The molecule has 0 aliphatic carbocycles. The SMILES string of the molecule is CC(C)N1CCOC[C@@H]1C. The first-order chi connectivity index (χ1) is 4.72. The third kappa shape index (κ3) is 1.70. The van der Waals surface area contributed by atoms with Gasteiger partial charge in [0.15, 0.2) is 0 Å². The smallest absolute Gasteiger partial charge is 0.0619 e. The molecule has 0 spiro atoms. The molecule has 1 heterocycles. The first kappa shape index (κ1) is 8.02. The molecule has 1 atom stereocenters.